The van der Waals surface area contributed by atoms with Crippen molar-refractivity contribution in [1.29, 1.82) is 0 Å². The molecule has 1 aliphatic carbocycles. The molecule has 1 fully saturated rings. The van der Waals surface area contributed by atoms with Gasteiger partial charge in [0.25, 0.3) is 0 Å². The standard InChI is InChI=1S/C12H23N3O2/c1-3-14-10(16)4-5-15-11(17)12(8-13)6-9(2)7-12/h9H,3-8,13H2,1-2H3,(H,14,16)(H,15,17). The second-order valence-corrected chi connectivity index (χ2v) is 4.96. The molecule has 5 heteroatoms. The van der Waals surface area contributed by atoms with Gasteiger partial charge in [-0.2, -0.15) is 0 Å². The van der Waals surface area contributed by atoms with E-state index in [0.29, 0.717) is 32.0 Å². The minimum absolute atomic E-state index is 0.00222. The van der Waals surface area contributed by atoms with Crippen LogP contribution in [0.3, 0.4) is 0 Å². The first-order valence-corrected chi connectivity index (χ1v) is 6.29. The molecule has 0 atom stereocenters. The zero-order valence-electron chi connectivity index (χ0n) is 10.7. The van der Waals surface area contributed by atoms with E-state index in [0.717, 1.165) is 12.8 Å². The summed E-state index contributed by atoms with van der Waals surface area (Å²) >= 11 is 0. The van der Waals surface area contributed by atoms with E-state index in [1.54, 1.807) is 0 Å². The van der Waals surface area contributed by atoms with Crippen LogP contribution in [0.1, 0.15) is 33.1 Å². The van der Waals surface area contributed by atoms with E-state index in [4.69, 9.17) is 5.73 Å². The number of hydrogen-bond acceptors (Lipinski definition) is 3. The summed E-state index contributed by atoms with van der Waals surface area (Å²) in [6.45, 7) is 5.40. The molecule has 0 aromatic carbocycles. The number of carbonyl (C=O) groups is 2. The van der Waals surface area contributed by atoms with Crippen LogP contribution in [0.4, 0.5) is 0 Å². The highest BCUT2D eigenvalue weighted by atomic mass is 16.2. The Hall–Kier alpha value is -1.10. The monoisotopic (exact) mass is 241 g/mol. The number of carbonyl (C=O) groups excluding carboxylic acids is 2. The molecule has 17 heavy (non-hydrogen) atoms. The van der Waals surface area contributed by atoms with Crippen LogP contribution in [0, 0.1) is 11.3 Å². The second-order valence-electron chi connectivity index (χ2n) is 4.96. The van der Waals surface area contributed by atoms with Crippen molar-refractivity contribution in [1.82, 2.24) is 10.6 Å². The van der Waals surface area contributed by atoms with Crippen molar-refractivity contribution in [2.24, 2.45) is 17.1 Å². The number of hydrogen-bond donors (Lipinski definition) is 3. The summed E-state index contributed by atoms with van der Waals surface area (Å²) in [5, 5.41) is 5.50. The Bertz CT molecular complexity index is 285. The third-order valence-electron chi connectivity index (χ3n) is 3.36. The molecule has 0 radical (unpaired) electrons. The fraction of sp³-hybridized carbons (Fsp3) is 0.833. The van der Waals surface area contributed by atoms with Crippen molar-refractivity contribution >= 4 is 11.8 Å². The van der Waals surface area contributed by atoms with Gasteiger partial charge in [-0.05, 0) is 25.7 Å². The molecule has 1 saturated carbocycles. The Kier molecular flexibility index (Phi) is 4.93. The van der Waals surface area contributed by atoms with E-state index in [-0.39, 0.29) is 17.2 Å². The lowest BCUT2D eigenvalue weighted by Crippen LogP contribution is -2.53. The minimum Gasteiger partial charge on any atom is -0.356 e. The van der Waals surface area contributed by atoms with Gasteiger partial charge in [0.05, 0.1) is 5.41 Å². The number of nitrogens with two attached hydrogens (primary N) is 1. The maximum absolute atomic E-state index is 11.9. The summed E-state index contributed by atoms with van der Waals surface area (Å²) in [6.07, 6.45) is 2.04. The topological polar surface area (TPSA) is 84.2 Å². The van der Waals surface area contributed by atoms with Gasteiger partial charge in [0.15, 0.2) is 0 Å². The van der Waals surface area contributed by atoms with Crippen LogP contribution < -0.4 is 16.4 Å². The first-order chi connectivity index (χ1) is 8.04. The van der Waals surface area contributed by atoms with Crippen LogP contribution in [0.15, 0.2) is 0 Å². The van der Waals surface area contributed by atoms with Gasteiger partial charge in [0, 0.05) is 26.1 Å². The molecule has 0 saturated heterocycles. The van der Waals surface area contributed by atoms with Crippen LogP contribution in [0.25, 0.3) is 0 Å². The van der Waals surface area contributed by atoms with Gasteiger partial charge in [-0.15, -0.1) is 0 Å². The first-order valence-electron chi connectivity index (χ1n) is 6.29. The average Bonchev–Trinajstić information content (AvgIpc) is 2.24. The lowest BCUT2D eigenvalue weighted by atomic mass is 9.62. The number of amides is 2. The van der Waals surface area contributed by atoms with E-state index < -0.39 is 0 Å². The molecule has 0 bridgehead atoms. The Morgan fingerprint density at radius 3 is 2.47 bits per heavy atom. The zero-order valence-corrected chi connectivity index (χ0v) is 10.7. The Morgan fingerprint density at radius 2 is 2.00 bits per heavy atom. The molecule has 1 aliphatic rings. The molecule has 0 unspecified atom stereocenters. The minimum atomic E-state index is -0.374. The summed E-state index contributed by atoms with van der Waals surface area (Å²) in [5.74, 6) is 0.548. The van der Waals surface area contributed by atoms with E-state index in [2.05, 4.69) is 17.6 Å². The molecule has 98 valence electrons. The van der Waals surface area contributed by atoms with Crippen LogP contribution in [0.5, 0.6) is 0 Å². The number of rotatable bonds is 6. The Balaban J connectivity index is 2.27. The van der Waals surface area contributed by atoms with Crippen molar-refractivity contribution in [3.63, 3.8) is 0 Å². The highest BCUT2D eigenvalue weighted by Crippen LogP contribution is 2.44. The van der Waals surface area contributed by atoms with Crippen LogP contribution in [0.2, 0.25) is 0 Å². The van der Waals surface area contributed by atoms with Crippen LogP contribution in [-0.2, 0) is 9.59 Å². The molecule has 5 nitrogen and oxygen atoms in total. The predicted molar refractivity (Wildman–Crippen MR) is 66.2 cm³/mol. The van der Waals surface area contributed by atoms with Gasteiger partial charge < -0.3 is 16.4 Å². The summed E-state index contributed by atoms with van der Waals surface area (Å²) < 4.78 is 0. The Labute approximate surface area is 103 Å². The molecule has 0 aliphatic heterocycles. The Morgan fingerprint density at radius 1 is 1.35 bits per heavy atom. The van der Waals surface area contributed by atoms with Gasteiger partial charge in [-0.3, -0.25) is 9.59 Å². The third kappa shape index (κ3) is 3.43. The molecular formula is C12H23N3O2. The van der Waals surface area contributed by atoms with Gasteiger partial charge in [-0.1, -0.05) is 6.92 Å². The maximum atomic E-state index is 11.9. The summed E-state index contributed by atoms with van der Waals surface area (Å²) in [6, 6.07) is 0. The molecule has 0 heterocycles. The van der Waals surface area contributed by atoms with Gasteiger partial charge in [0.1, 0.15) is 0 Å². The molecule has 0 aromatic heterocycles. The van der Waals surface area contributed by atoms with E-state index in [1.807, 2.05) is 6.92 Å². The van der Waals surface area contributed by atoms with Crippen LogP contribution >= 0.6 is 0 Å². The molecule has 2 amide bonds. The molecule has 4 N–H and O–H groups in total. The quantitative estimate of drug-likeness (QED) is 0.612. The van der Waals surface area contributed by atoms with Crippen molar-refractivity contribution in [2.75, 3.05) is 19.6 Å². The second kappa shape index (κ2) is 6.00. The summed E-state index contributed by atoms with van der Waals surface area (Å²) in [5.41, 5.74) is 5.30. The lowest BCUT2D eigenvalue weighted by Gasteiger charge is -2.44. The first kappa shape index (κ1) is 14.0. The van der Waals surface area contributed by atoms with Crippen molar-refractivity contribution in [2.45, 2.75) is 33.1 Å². The van der Waals surface area contributed by atoms with E-state index in [9.17, 15) is 9.59 Å². The molecule has 1 rings (SSSR count). The van der Waals surface area contributed by atoms with Crippen molar-refractivity contribution < 1.29 is 9.59 Å². The van der Waals surface area contributed by atoms with Gasteiger partial charge in [-0.25, -0.2) is 0 Å². The largest absolute Gasteiger partial charge is 0.356 e. The van der Waals surface area contributed by atoms with E-state index in [1.165, 1.54) is 0 Å². The summed E-state index contributed by atoms with van der Waals surface area (Å²) in [7, 11) is 0. The molecule has 0 spiro atoms. The maximum Gasteiger partial charge on any atom is 0.227 e. The van der Waals surface area contributed by atoms with E-state index >= 15 is 0 Å². The zero-order chi connectivity index (χ0) is 12.9. The normalized spacial score (nSPS) is 27.1. The summed E-state index contributed by atoms with van der Waals surface area (Å²) in [4.78, 5) is 23.1. The number of nitrogens with one attached hydrogen (secondary N) is 2. The average molecular weight is 241 g/mol. The van der Waals surface area contributed by atoms with Crippen molar-refractivity contribution in [3.8, 4) is 0 Å². The highest BCUT2D eigenvalue weighted by molar-refractivity contribution is 5.84. The van der Waals surface area contributed by atoms with Gasteiger partial charge >= 0.3 is 0 Å². The van der Waals surface area contributed by atoms with Gasteiger partial charge in [0.2, 0.25) is 11.8 Å². The fourth-order valence-corrected chi connectivity index (χ4v) is 2.48. The lowest BCUT2D eigenvalue weighted by molar-refractivity contribution is -0.138. The van der Waals surface area contributed by atoms with Crippen LogP contribution in [-0.4, -0.2) is 31.4 Å². The van der Waals surface area contributed by atoms with Crippen molar-refractivity contribution in [3.05, 3.63) is 0 Å². The predicted octanol–water partition coefficient (Wildman–Crippen LogP) is 0.00380. The third-order valence-corrected chi connectivity index (χ3v) is 3.36. The molecular weight excluding hydrogens is 218 g/mol. The SMILES string of the molecule is CCNC(=O)CCNC(=O)C1(CN)CC(C)C1. The smallest absolute Gasteiger partial charge is 0.227 e. The highest BCUT2D eigenvalue weighted by Gasteiger charge is 2.46. The fourth-order valence-electron chi connectivity index (χ4n) is 2.48. The molecule has 0 aromatic rings.